The van der Waals surface area contributed by atoms with E-state index >= 15 is 0 Å². The molecule has 136 valence electrons. The number of hydrogen-bond acceptors (Lipinski definition) is 8. The van der Waals surface area contributed by atoms with Crippen LogP contribution in [0.25, 0.3) is 11.4 Å². The fourth-order valence-electron chi connectivity index (χ4n) is 3.71. The van der Waals surface area contributed by atoms with Gasteiger partial charge in [-0.15, -0.1) is 11.6 Å². The topological polar surface area (TPSA) is 119 Å². The number of nitrogens with zero attached hydrogens (tertiary/aromatic N) is 5. The molecule has 1 fully saturated rings. The number of halogens is 1. The molecule has 26 heavy (non-hydrogen) atoms. The Labute approximate surface area is 155 Å². The molecule has 4 rings (SSSR count). The van der Waals surface area contributed by atoms with Crippen LogP contribution in [0.3, 0.4) is 0 Å². The normalized spacial score (nSPS) is 19.3. The molecule has 4 N–H and O–H groups in total. The Kier molecular flexibility index (Phi) is 4.28. The highest BCUT2D eigenvalue weighted by Gasteiger charge is 2.42. The zero-order valence-corrected chi connectivity index (χ0v) is 15.0. The maximum Gasteiger partial charge on any atom is 0.241 e. The number of guanidine groups is 2. The van der Waals surface area contributed by atoms with E-state index in [1.54, 1.807) is 0 Å². The Balaban J connectivity index is 1.75. The van der Waals surface area contributed by atoms with E-state index in [1.807, 2.05) is 29.2 Å². The fourth-order valence-corrected chi connectivity index (χ4v) is 3.81. The third-order valence-corrected chi connectivity index (χ3v) is 5.02. The Morgan fingerprint density at radius 2 is 2.00 bits per heavy atom. The van der Waals surface area contributed by atoms with Gasteiger partial charge in [-0.2, -0.15) is 9.98 Å². The lowest BCUT2D eigenvalue weighted by Crippen LogP contribution is -2.58. The second-order valence-electron chi connectivity index (χ2n) is 6.51. The maximum atomic E-state index is 6.27. The summed E-state index contributed by atoms with van der Waals surface area (Å²) in [5.41, 5.74) is 13.4. The molecule has 0 radical (unpaired) electrons. The molecular weight excluding hydrogens is 354 g/mol. The fraction of sp³-hybridized carbons (Fsp3) is 0.412. The van der Waals surface area contributed by atoms with Crippen molar-refractivity contribution in [2.75, 3.05) is 4.90 Å². The number of nitrogens with two attached hydrogens (primary N) is 2. The molecule has 2 aliphatic rings. The Hall–Kier alpha value is -2.61. The van der Waals surface area contributed by atoms with Crippen LogP contribution < -0.4 is 16.4 Å². The van der Waals surface area contributed by atoms with Crippen molar-refractivity contribution in [3.8, 4) is 11.4 Å². The van der Waals surface area contributed by atoms with Crippen molar-refractivity contribution in [1.29, 1.82) is 0 Å². The van der Waals surface area contributed by atoms with Crippen LogP contribution in [-0.4, -0.2) is 27.7 Å². The molecule has 1 aromatic heterocycles. The maximum absolute atomic E-state index is 6.27. The summed E-state index contributed by atoms with van der Waals surface area (Å²) < 4.78 is 5.11. The van der Waals surface area contributed by atoms with Gasteiger partial charge in [0.1, 0.15) is 11.5 Å². The van der Waals surface area contributed by atoms with Gasteiger partial charge in [0.15, 0.2) is 0 Å². The molecule has 0 saturated heterocycles. The van der Waals surface area contributed by atoms with Crippen molar-refractivity contribution in [3.05, 3.63) is 30.2 Å². The summed E-state index contributed by atoms with van der Waals surface area (Å²) in [7, 11) is 0. The van der Waals surface area contributed by atoms with E-state index < -0.39 is 5.66 Å². The first-order valence-electron chi connectivity index (χ1n) is 8.60. The zero-order valence-electron chi connectivity index (χ0n) is 14.2. The number of aromatic nitrogens is 2. The molecular formula is C17H20ClN7O. The van der Waals surface area contributed by atoms with Crippen molar-refractivity contribution in [2.45, 2.75) is 43.6 Å². The highest BCUT2D eigenvalue weighted by Crippen LogP contribution is 2.40. The molecule has 2 heterocycles. The molecule has 2 aromatic rings. The van der Waals surface area contributed by atoms with Gasteiger partial charge in [-0.1, -0.05) is 23.7 Å². The quantitative estimate of drug-likeness (QED) is 0.798. The minimum absolute atomic E-state index is 0.176. The third kappa shape index (κ3) is 2.90. The van der Waals surface area contributed by atoms with Gasteiger partial charge in [0.25, 0.3) is 0 Å². The molecule has 0 bridgehead atoms. The van der Waals surface area contributed by atoms with Crippen LogP contribution in [-0.2, 0) is 5.88 Å². The largest absolute Gasteiger partial charge is 0.369 e. The van der Waals surface area contributed by atoms with Gasteiger partial charge in [0, 0.05) is 11.3 Å². The SMILES string of the molecule is NC1=NC2(CCCCC2)N(c2cccc(-c3noc(CCl)n3)c2)C(N)=N1. The average Bonchev–Trinajstić information content (AvgIpc) is 3.11. The van der Waals surface area contributed by atoms with Gasteiger partial charge in [-0.3, -0.25) is 4.90 Å². The van der Waals surface area contributed by atoms with E-state index in [9.17, 15) is 0 Å². The second-order valence-corrected chi connectivity index (χ2v) is 6.78. The van der Waals surface area contributed by atoms with Gasteiger partial charge in [-0.25, -0.2) is 4.99 Å². The van der Waals surface area contributed by atoms with E-state index in [2.05, 4.69) is 20.1 Å². The first-order valence-corrected chi connectivity index (χ1v) is 9.13. The molecule has 1 saturated carbocycles. The lowest BCUT2D eigenvalue weighted by Gasteiger charge is -2.45. The van der Waals surface area contributed by atoms with Crippen molar-refractivity contribution >= 4 is 29.2 Å². The van der Waals surface area contributed by atoms with E-state index in [-0.39, 0.29) is 11.8 Å². The minimum atomic E-state index is -0.481. The highest BCUT2D eigenvalue weighted by molar-refractivity contribution is 6.16. The number of alkyl halides is 1. The monoisotopic (exact) mass is 373 g/mol. The number of hydrogen-bond donors (Lipinski definition) is 2. The van der Waals surface area contributed by atoms with Gasteiger partial charge in [0.2, 0.25) is 23.6 Å². The van der Waals surface area contributed by atoms with Crippen LogP contribution in [0, 0.1) is 0 Å². The van der Waals surface area contributed by atoms with Crippen molar-refractivity contribution in [2.24, 2.45) is 21.5 Å². The summed E-state index contributed by atoms with van der Waals surface area (Å²) in [4.78, 5) is 15.1. The third-order valence-electron chi connectivity index (χ3n) is 4.80. The zero-order chi connectivity index (χ0) is 18.1. The summed E-state index contributed by atoms with van der Waals surface area (Å²) in [5.74, 6) is 1.63. The number of rotatable bonds is 3. The van der Waals surface area contributed by atoms with E-state index in [1.165, 1.54) is 6.42 Å². The van der Waals surface area contributed by atoms with Gasteiger partial charge in [-0.05, 0) is 37.8 Å². The summed E-state index contributed by atoms with van der Waals surface area (Å²) in [5, 5.41) is 3.98. The standard InChI is InChI=1S/C17H20ClN7O/c18-10-13-21-14(24-26-13)11-5-4-6-12(9-11)25-16(20)22-15(19)23-17(25)7-2-1-3-8-17/h4-6,9H,1-3,7-8,10H2,(H4,19,20,22,23). The summed E-state index contributed by atoms with van der Waals surface area (Å²) in [6.07, 6.45) is 5.10. The molecule has 0 unspecified atom stereocenters. The predicted molar refractivity (Wildman–Crippen MR) is 101 cm³/mol. The molecule has 0 amide bonds. The number of anilines is 1. The van der Waals surface area contributed by atoms with E-state index in [4.69, 9.17) is 27.6 Å². The van der Waals surface area contributed by atoms with Crippen molar-refractivity contribution < 1.29 is 4.52 Å². The van der Waals surface area contributed by atoms with E-state index in [0.717, 1.165) is 36.9 Å². The molecule has 0 atom stereocenters. The van der Waals surface area contributed by atoms with Gasteiger partial charge < -0.3 is 16.0 Å². The van der Waals surface area contributed by atoms with Crippen LogP contribution in [0.15, 0.2) is 38.8 Å². The minimum Gasteiger partial charge on any atom is -0.369 e. The molecule has 1 aliphatic heterocycles. The molecule has 1 spiro atoms. The molecule has 8 nitrogen and oxygen atoms in total. The van der Waals surface area contributed by atoms with Crippen molar-refractivity contribution in [3.63, 3.8) is 0 Å². The molecule has 9 heteroatoms. The first kappa shape index (κ1) is 16.8. The number of aliphatic imine (C=N–C) groups is 2. The second kappa shape index (κ2) is 6.60. The van der Waals surface area contributed by atoms with Crippen molar-refractivity contribution in [1.82, 2.24) is 10.1 Å². The summed E-state index contributed by atoms with van der Waals surface area (Å²) in [6.45, 7) is 0. The Morgan fingerprint density at radius 3 is 2.73 bits per heavy atom. The molecule has 1 aromatic carbocycles. The summed E-state index contributed by atoms with van der Waals surface area (Å²) >= 11 is 5.75. The lowest BCUT2D eigenvalue weighted by atomic mass is 9.87. The van der Waals surface area contributed by atoms with Crippen LogP contribution >= 0.6 is 11.6 Å². The molecule has 1 aliphatic carbocycles. The first-order chi connectivity index (χ1) is 12.6. The lowest BCUT2D eigenvalue weighted by molar-refractivity contribution is 0.305. The van der Waals surface area contributed by atoms with Crippen LogP contribution in [0.2, 0.25) is 0 Å². The summed E-state index contributed by atoms with van der Waals surface area (Å²) in [6, 6.07) is 7.77. The van der Waals surface area contributed by atoms with Crippen LogP contribution in [0.4, 0.5) is 5.69 Å². The van der Waals surface area contributed by atoms with Gasteiger partial charge >= 0.3 is 0 Å². The Morgan fingerprint density at radius 1 is 1.19 bits per heavy atom. The van der Waals surface area contributed by atoms with Gasteiger partial charge in [0.05, 0.1) is 0 Å². The predicted octanol–water partition coefficient (Wildman–Crippen LogP) is 2.59. The highest BCUT2D eigenvalue weighted by atomic mass is 35.5. The number of benzene rings is 1. The Bertz CT molecular complexity index is 870. The average molecular weight is 374 g/mol. The van der Waals surface area contributed by atoms with Crippen LogP contribution in [0.5, 0.6) is 0 Å². The van der Waals surface area contributed by atoms with Crippen LogP contribution in [0.1, 0.15) is 38.0 Å². The smallest absolute Gasteiger partial charge is 0.241 e. The van der Waals surface area contributed by atoms with E-state index in [0.29, 0.717) is 17.7 Å².